The number of ether oxygens (including phenoxy) is 3. The molecule has 6 rings (SSSR count). The van der Waals surface area contributed by atoms with E-state index in [0.717, 1.165) is 45.1 Å². The van der Waals surface area contributed by atoms with Gasteiger partial charge in [0.2, 0.25) is 5.88 Å². The maximum atomic E-state index is 12.8. The zero-order valence-electron chi connectivity index (χ0n) is 23.2. The predicted octanol–water partition coefficient (Wildman–Crippen LogP) is 8.08. The second-order valence-corrected chi connectivity index (χ2v) is 11.5. The molecule has 0 fully saturated rings. The average molecular weight is 569 g/mol. The first-order chi connectivity index (χ1) is 19.6. The first-order valence-electron chi connectivity index (χ1n) is 13.4. The van der Waals surface area contributed by atoms with Crippen molar-refractivity contribution in [3.63, 3.8) is 0 Å². The molecule has 2 aromatic heterocycles. The van der Waals surface area contributed by atoms with Gasteiger partial charge in [0.25, 0.3) is 0 Å². The fourth-order valence-corrected chi connectivity index (χ4v) is 5.53. The van der Waals surface area contributed by atoms with Gasteiger partial charge in [0, 0.05) is 45.6 Å². The Labute approximate surface area is 242 Å². The zero-order valence-corrected chi connectivity index (χ0v) is 24.0. The summed E-state index contributed by atoms with van der Waals surface area (Å²) in [5, 5.41) is 12.7. The molecule has 1 aliphatic heterocycles. The average Bonchev–Trinajstić information content (AvgIpc) is 2.92. The van der Waals surface area contributed by atoms with Gasteiger partial charge in [-0.1, -0.05) is 11.6 Å². The van der Waals surface area contributed by atoms with Crippen LogP contribution in [0.2, 0.25) is 5.02 Å². The molecular weight excluding hydrogens is 540 g/mol. The van der Waals surface area contributed by atoms with Crippen molar-refractivity contribution in [1.82, 2.24) is 9.97 Å². The highest BCUT2D eigenvalue weighted by atomic mass is 35.5. The minimum Gasteiger partial charge on any atom is -0.493 e. The number of carbonyl (C=O) groups is 1. The molecule has 1 N–H and O–H groups in total. The summed E-state index contributed by atoms with van der Waals surface area (Å²) >= 11 is 6.03. The van der Waals surface area contributed by atoms with E-state index in [1.165, 1.54) is 0 Å². The van der Waals surface area contributed by atoms with Gasteiger partial charge in [-0.2, -0.15) is 0 Å². The Morgan fingerprint density at radius 1 is 1.07 bits per heavy atom. The lowest BCUT2D eigenvalue weighted by Crippen LogP contribution is -2.28. The molecule has 1 atom stereocenters. The molecule has 3 heterocycles. The van der Waals surface area contributed by atoms with E-state index in [1.807, 2.05) is 58.0 Å². The van der Waals surface area contributed by atoms with Crippen molar-refractivity contribution in [2.75, 3.05) is 6.61 Å². The van der Waals surface area contributed by atoms with Crippen molar-refractivity contribution in [3.8, 4) is 28.5 Å². The van der Waals surface area contributed by atoms with Crippen molar-refractivity contribution < 1.29 is 24.1 Å². The third-order valence-electron chi connectivity index (χ3n) is 7.05. The van der Waals surface area contributed by atoms with Gasteiger partial charge in [0.1, 0.15) is 11.5 Å². The minimum atomic E-state index is -1.22. The standard InChI is InChI=1S/C33H29ClN2O5/c1-18-17-24-22(10-12-26(36-24)40-21-7-5-20(34)6-8-21)29(27(18)31(32(37)38)41-33(2,3)4)23-9-11-25-28-19(14-16-39-25)13-15-35-30(23)28/h5-13,15,17,31H,14,16H2,1-4H3,(H,37,38). The number of nitrogens with zero attached hydrogens (tertiary/aromatic N) is 2. The summed E-state index contributed by atoms with van der Waals surface area (Å²) < 4.78 is 18.2. The molecule has 41 heavy (non-hydrogen) atoms. The molecule has 0 saturated carbocycles. The molecule has 0 amide bonds. The van der Waals surface area contributed by atoms with Gasteiger partial charge in [0.15, 0.2) is 6.10 Å². The molecule has 1 unspecified atom stereocenters. The van der Waals surface area contributed by atoms with Gasteiger partial charge >= 0.3 is 5.97 Å². The van der Waals surface area contributed by atoms with Crippen LogP contribution in [0.25, 0.3) is 32.9 Å². The van der Waals surface area contributed by atoms with Crippen LogP contribution in [-0.2, 0) is 16.0 Å². The van der Waals surface area contributed by atoms with E-state index in [0.29, 0.717) is 39.9 Å². The summed E-state index contributed by atoms with van der Waals surface area (Å²) in [6.07, 6.45) is 1.35. The largest absolute Gasteiger partial charge is 0.493 e. The van der Waals surface area contributed by atoms with E-state index in [9.17, 15) is 9.90 Å². The summed E-state index contributed by atoms with van der Waals surface area (Å²) in [5.74, 6) is 0.710. The number of hydrogen-bond acceptors (Lipinski definition) is 6. The lowest BCUT2D eigenvalue weighted by molar-refractivity contribution is -0.160. The number of fused-ring (bicyclic) bond motifs is 1. The van der Waals surface area contributed by atoms with Crippen LogP contribution in [0, 0.1) is 6.92 Å². The van der Waals surface area contributed by atoms with Gasteiger partial charge in [-0.25, -0.2) is 9.78 Å². The number of benzene rings is 3. The van der Waals surface area contributed by atoms with E-state index in [-0.39, 0.29) is 0 Å². The molecule has 5 aromatic rings. The molecule has 0 spiro atoms. The molecule has 0 aliphatic carbocycles. The van der Waals surface area contributed by atoms with Gasteiger partial charge in [-0.05, 0) is 99.0 Å². The zero-order chi connectivity index (χ0) is 28.9. The number of pyridine rings is 2. The molecule has 8 heteroatoms. The number of aliphatic carboxylic acids is 1. The molecule has 0 saturated heterocycles. The second kappa shape index (κ2) is 10.3. The maximum absolute atomic E-state index is 12.8. The maximum Gasteiger partial charge on any atom is 0.337 e. The van der Waals surface area contributed by atoms with Gasteiger partial charge in [-0.3, -0.25) is 4.98 Å². The third kappa shape index (κ3) is 5.19. The number of aromatic nitrogens is 2. The number of carboxylic acids is 1. The molecule has 208 valence electrons. The summed E-state index contributed by atoms with van der Waals surface area (Å²) in [6, 6.07) is 18.5. The quantitative estimate of drug-likeness (QED) is 0.221. The lowest BCUT2D eigenvalue weighted by atomic mass is 9.86. The van der Waals surface area contributed by atoms with Crippen LogP contribution < -0.4 is 9.47 Å². The van der Waals surface area contributed by atoms with Crippen molar-refractivity contribution in [3.05, 3.63) is 88.6 Å². The van der Waals surface area contributed by atoms with E-state index < -0.39 is 17.7 Å². The smallest absolute Gasteiger partial charge is 0.337 e. The van der Waals surface area contributed by atoms with Gasteiger partial charge in [-0.15, -0.1) is 0 Å². The van der Waals surface area contributed by atoms with Crippen LogP contribution >= 0.6 is 11.6 Å². The number of aryl methyl sites for hydroxylation is 1. The number of hydrogen-bond donors (Lipinski definition) is 1. The summed E-state index contributed by atoms with van der Waals surface area (Å²) in [4.78, 5) is 22.3. The second-order valence-electron chi connectivity index (χ2n) is 11.1. The fraction of sp³-hybridized carbons (Fsp3) is 0.242. The lowest BCUT2D eigenvalue weighted by Gasteiger charge is -2.29. The highest BCUT2D eigenvalue weighted by Gasteiger charge is 2.33. The van der Waals surface area contributed by atoms with Crippen molar-refractivity contribution in [2.45, 2.75) is 45.8 Å². The first-order valence-corrected chi connectivity index (χ1v) is 13.8. The van der Waals surface area contributed by atoms with Crippen LogP contribution in [0.3, 0.4) is 0 Å². The van der Waals surface area contributed by atoms with E-state index in [4.69, 9.17) is 35.8 Å². The van der Waals surface area contributed by atoms with Crippen LogP contribution in [0.1, 0.15) is 43.6 Å². The van der Waals surface area contributed by atoms with Crippen LogP contribution in [0.4, 0.5) is 0 Å². The summed E-state index contributed by atoms with van der Waals surface area (Å²) in [6.45, 7) is 8.04. The van der Waals surface area contributed by atoms with Crippen molar-refractivity contribution in [1.29, 1.82) is 0 Å². The van der Waals surface area contributed by atoms with Crippen LogP contribution in [0.5, 0.6) is 17.4 Å². The van der Waals surface area contributed by atoms with Gasteiger partial charge in [0.05, 0.1) is 23.2 Å². The first kappa shape index (κ1) is 27.0. The summed E-state index contributed by atoms with van der Waals surface area (Å²) in [5.41, 5.74) is 4.64. The Morgan fingerprint density at radius 3 is 2.59 bits per heavy atom. The molecular formula is C33H29ClN2O5. The van der Waals surface area contributed by atoms with Crippen LogP contribution in [-0.4, -0.2) is 33.3 Å². The van der Waals surface area contributed by atoms with E-state index in [2.05, 4.69) is 0 Å². The Kier molecular flexibility index (Phi) is 6.80. The number of carboxylic acid groups (broad SMARTS) is 1. The molecule has 0 radical (unpaired) electrons. The Balaban J connectivity index is 1.62. The third-order valence-corrected chi connectivity index (χ3v) is 7.30. The summed E-state index contributed by atoms with van der Waals surface area (Å²) in [7, 11) is 0. The normalized spacial score (nSPS) is 13.7. The monoisotopic (exact) mass is 568 g/mol. The Bertz CT molecular complexity index is 1800. The fourth-order valence-electron chi connectivity index (χ4n) is 5.40. The highest BCUT2D eigenvalue weighted by Crippen LogP contribution is 2.45. The minimum absolute atomic E-state index is 0.405. The van der Waals surface area contributed by atoms with Crippen molar-refractivity contribution in [2.24, 2.45) is 0 Å². The molecule has 3 aromatic carbocycles. The van der Waals surface area contributed by atoms with E-state index >= 15 is 0 Å². The number of halogens is 1. The van der Waals surface area contributed by atoms with Crippen LogP contribution in [0.15, 0.2) is 66.9 Å². The van der Waals surface area contributed by atoms with E-state index in [1.54, 1.807) is 36.5 Å². The van der Waals surface area contributed by atoms with Crippen molar-refractivity contribution >= 4 is 39.4 Å². The molecule has 0 bridgehead atoms. The number of rotatable bonds is 6. The Hall–Kier alpha value is -4.20. The SMILES string of the molecule is Cc1cc2nc(Oc3ccc(Cl)cc3)ccc2c(-c2ccc3c4c(ccnc24)CCO3)c1C(OC(C)(C)C)C(=O)O. The predicted molar refractivity (Wildman–Crippen MR) is 159 cm³/mol. The van der Waals surface area contributed by atoms with Gasteiger partial charge < -0.3 is 19.3 Å². The Morgan fingerprint density at radius 2 is 1.85 bits per heavy atom. The molecule has 7 nitrogen and oxygen atoms in total. The highest BCUT2D eigenvalue weighted by molar-refractivity contribution is 6.30. The molecule has 1 aliphatic rings. The topological polar surface area (TPSA) is 90.8 Å².